The second-order valence-electron chi connectivity index (χ2n) is 7.24. The summed E-state index contributed by atoms with van der Waals surface area (Å²) < 4.78 is 73.6. The molecule has 1 N–H and O–H groups in total. The number of halogens is 3. The van der Waals surface area contributed by atoms with Crippen molar-refractivity contribution < 1.29 is 26.3 Å². The van der Waals surface area contributed by atoms with Crippen molar-refractivity contribution in [2.24, 2.45) is 0 Å². The third-order valence-electron chi connectivity index (χ3n) is 5.28. The van der Waals surface area contributed by atoms with Gasteiger partial charge >= 0.3 is 6.18 Å². The van der Waals surface area contributed by atoms with Gasteiger partial charge in [0.1, 0.15) is 0 Å². The predicted molar refractivity (Wildman–Crippen MR) is 110 cm³/mol. The quantitative estimate of drug-likeness (QED) is 0.775. The van der Waals surface area contributed by atoms with E-state index in [1.165, 1.54) is 6.07 Å². The molecule has 2 aromatic carbocycles. The lowest BCUT2D eigenvalue weighted by atomic mass is 9.98. The van der Waals surface area contributed by atoms with Gasteiger partial charge in [0.15, 0.2) is 0 Å². The zero-order valence-corrected chi connectivity index (χ0v) is 16.9. The fraction of sp³-hybridized carbons (Fsp3) is 0.333. The number of anilines is 2. The first-order valence-electron chi connectivity index (χ1n) is 9.59. The first-order chi connectivity index (χ1) is 14.2. The molecule has 0 aromatic heterocycles. The Morgan fingerprint density at radius 3 is 2.47 bits per heavy atom. The van der Waals surface area contributed by atoms with Gasteiger partial charge in [0.25, 0.3) is 10.0 Å². The molecule has 0 spiro atoms. The van der Waals surface area contributed by atoms with Gasteiger partial charge in [-0.3, -0.25) is 4.72 Å². The van der Waals surface area contributed by atoms with Crippen LogP contribution in [0.4, 0.5) is 24.5 Å². The molecule has 30 heavy (non-hydrogen) atoms. The van der Waals surface area contributed by atoms with Gasteiger partial charge in [-0.1, -0.05) is 24.3 Å². The molecule has 1 aliphatic heterocycles. The van der Waals surface area contributed by atoms with E-state index < -0.39 is 21.8 Å². The van der Waals surface area contributed by atoms with Crippen molar-refractivity contribution in [1.82, 2.24) is 0 Å². The van der Waals surface area contributed by atoms with E-state index in [0.29, 0.717) is 38.4 Å². The van der Waals surface area contributed by atoms with E-state index in [1.54, 1.807) is 6.08 Å². The van der Waals surface area contributed by atoms with Crippen LogP contribution in [-0.2, 0) is 27.4 Å². The molecule has 4 rings (SSSR count). The number of hydrogen-bond donors (Lipinski definition) is 1. The summed E-state index contributed by atoms with van der Waals surface area (Å²) in [7, 11) is -4.02. The number of fused-ring (bicyclic) bond motifs is 1. The Kier molecular flexibility index (Phi) is 5.50. The Bertz CT molecular complexity index is 1080. The number of nitrogens with one attached hydrogen (secondary N) is 1. The molecule has 2 aliphatic rings. The minimum absolute atomic E-state index is 0.0773. The third-order valence-corrected chi connectivity index (χ3v) is 6.78. The molecule has 0 saturated carbocycles. The van der Waals surface area contributed by atoms with Gasteiger partial charge in [0.2, 0.25) is 0 Å². The zero-order valence-electron chi connectivity index (χ0n) is 16.1. The highest BCUT2D eigenvalue weighted by molar-refractivity contribution is 7.96. The number of alkyl halides is 3. The van der Waals surface area contributed by atoms with Crippen molar-refractivity contribution >= 4 is 27.5 Å². The monoisotopic (exact) mass is 438 g/mol. The summed E-state index contributed by atoms with van der Waals surface area (Å²) in [4.78, 5) is 1.98. The summed E-state index contributed by atoms with van der Waals surface area (Å²) in [6, 6.07) is 10.6. The lowest BCUT2D eigenvalue weighted by Crippen LogP contribution is -2.37. The van der Waals surface area contributed by atoms with Crippen molar-refractivity contribution in [3.63, 3.8) is 0 Å². The van der Waals surface area contributed by atoms with Gasteiger partial charge in [-0.05, 0) is 48.2 Å². The highest BCUT2D eigenvalue weighted by Crippen LogP contribution is 2.37. The summed E-state index contributed by atoms with van der Waals surface area (Å²) in [5, 5.41) is 0. The van der Waals surface area contributed by atoms with Crippen LogP contribution in [0.15, 0.2) is 47.4 Å². The Balaban J connectivity index is 1.71. The van der Waals surface area contributed by atoms with Crippen molar-refractivity contribution in [3.8, 4) is 0 Å². The van der Waals surface area contributed by atoms with E-state index in [1.807, 2.05) is 29.2 Å². The number of rotatable bonds is 4. The SMILES string of the molecule is O=S(=O)(Nc1cc(C(F)(F)F)ccc1N1CCOCC1)C1=Cc2ccccc2CC1. The van der Waals surface area contributed by atoms with Gasteiger partial charge in [0.05, 0.1) is 35.1 Å². The first-order valence-corrected chi connectivity index (χ1v) is 11.1. The molecule has 1 heterocycles. The minimum Gasteiger partial charge on any atom is -0.378 e. The van der Waals surface area contributed by atoms with E-state index in [4.69, 9.17) is 4.74 Å². The number of nitrogens with zero attached hydrogens (tertiary/aromatic N) is 1. The molecular weight excluding hydrogens is 417 g/mol. The molecule has 0 radical (unpaired) electrons. The molecule has 9 heteroatoms. The summed E-state index contributed by atoms with van der Waals surface area (Å²) in [5.41, 5.74) is 1.28. The predicted octanol–water partition coefficient (Wildman–Crippen LogP) is 4.27. The average Bonchev–Trinajstić information content (AvgIpc) is 2.73. The first kappa shape index (κ1) is 20.7. The second kappa shape index (κ2) is 7.96. The maximum absolute atomic E-state index is 13.3. The van der Waals surface area contributed by atoms with Crippen LogP contribution in [0.2, 0.25) is 0 Å². The second-order valence-corrected chi connectivity index (χ2v) is 8.98. The van der Waals surface area contributed by atoms with E-state index in [-0.39, 0.29) is 17.0 Å². The maximum Gasteiger partial charge on any atom is 0.416 e. The Morgan fingerprint density at radius 2 is 1.73 bits per heavy atom. The molecule has 1 saturated heterocycles. The standard InChI is InChI=1S/C21H21F3N2O3S/c22-21(23,24)17-6-8-20(26-9-11-29-12-10-26)19(14-17)25-30(27,28)18-7-5-15-3-1-2-4-16(15)13-18/h1-4,6,8,13-14,25H,5,7,9-12H2. The molecule has 0 bridgehead atoms. The number of ether oxygens (including phenoxy) is 1. The average molecular weight is 438 g/mol. The number of hydrogen-bond acceptors (Lipinski definition) is 4. The van der Waals surface area contributed by atoms with Crippen LogP contribution in [0.1, 0.15) is 23.1 Å². The molecular formula is C21H21F3N2O3S. The highest BCUT2D eigenvalue weighted by atomic mass is 32.2. The van der Waals surface area contributed by atoms with Crippen LogP contribution < -0.4 is 9.62 Å². The summed E-state index contributed by atoms with van der Waals surface area (Å²) in [6.45, 7) is 1.79. The number of morpholine rings is 1. The molecule has 0 atom stereocenters. The molecule has 1 fully saturated rings. The van der Waals surface area contributed by atoms with Crippen LogP contribution >= 0.6 is 0 Å². The number of allylic oxidation sites excluding steroid dienone is 1. The summed E-state index contributed by atoms with van der Waals surface area (Å²) in [5.74, 6) is 0. The van der Waals surface area contributed by atoms with Crippen LogP contribution in [0.3, 0.4) is 0 Å². The van der Waals surface area contributed by atoms with E-state index in [9.17, 15) is 21.6 Å². The minimum atomic E-state index is -4.58. The van der Waals surface area contributed by atoms with E-state index in [2.05, 4.69) is 4.72 Å². The van der Waals surface area contributed by atoms with Gasteiger partial charge in [0, 0.05) is 13.1 Å². The maximum atomic E-state index is 13.3. The zero-order chi connectivity index (χ0) is 21.4. The molecule has 160 valence electrons. The number of benzene rings is 2. The third kappa shape index (κ3) is 4.32. The van der Waals surface area contributed by atoms with Gasteiger partial charge in [-0.15, -0.1) is 0 Å². The molecule has 1 aliphatic carbocycles. The molecule has 2 aromatic rings. The number of aryl methyl sites for hydroxylation is 1. The van der Waals surface area contributed by atoms with Crippen molar-refractivity contribution in [3.05, 3.63) is 64.1 Å². The summed E-state index contributed by atoms with van der Waals surface area (Å²) in [6.07, 6.45) is -2.14. The number of sulfonamides is 1. The molecule has 5 nitrogen and oxygen atoms in total. The normalized spacial score (nSPS) is 17.3. The lowest BCUT2D eigenvalue weighted by Gasteiger charge is -2.31. The fourth-order valence-electron chi connectivity index (χ4n) is 3.70. The molecule has 0 unspecified atom stereocenters. The van der Waals surface area contributed by atoms with Crippen molar-refractivity contribution in [2.45, 2.75) is 19.0 Å². The molecule has 0 amide bonds. The Morgan fingerprint density at radius 1 is 1.00 bits per heavy atom. The van der Waals surface area contributed by atoms with Crippen LogP contribution in [0.25, 0.3) is 6.08 Å². The summed E-state index contributed by atoms with van der Waals surface area (Å²) >= 11 is 0. The van der Waals surface area contributed by atoms with Crippen LogP contribution in [0.5, 0.6) is 0 Å². The largest absolute Gasteiger partial charge is 0.416 e. The highest BCUT2D eigenvalue weighted by Gasteiger charge is 2.32. The Labute approximate surface area is 173 Å². The topological polar surface area (TPSA) is 58.6 Å². The van der Waals surface area contributed by atoms with Crippen molar-refractivity contribution in [1.29, 1.82) is 0 Å². The van der Waals surface area contributed by atoms with Gasteiger partial charge in [-0.25, -0.2) is 8.42 Å². The van der Waals surface area contributed by atoms with Crippen LogP contribution in [0, 0.1) is 0 Å². The van der Waals surface area contributed by atoms with Gasteiger partial charge < -0.3 is 9.64 Å². The Hall–Kier alpha value is -2.52. The van der Waals surface area contributed by atoms with E-state index >= 15 is 0 Å². The smallest absolute Gasteiger partial charge is 0.378 e. The van der Waals surface area contributed by atoms with Crippen LogP contribution in [-0.4, -0.2) is 34.7 Å². The van der Waals surface area contributed by atoms with Crippen molar-refractivity contribution in [2.75, 3.05) is 35.9 Å². The fourth-order valence-corrected chi connectivity index (χ4v) is 4.94. The lowest BCUT2D eigenvalue weighted by molar-refractivity contribution is -0.137. The van der Waals surface area contributed by atoms with Gasteiger partial charge in [-0.2, -0.15) is 13.2 Å². The van der Waals surface area contributed by atoms with E-state index in [0.717, 1.165) is 23.3 Å².